The minimum atomic E-state index is -5.07. The van der Waals surface area contributed by atoms with E-state index in [-0.39, 0.29) is 24.1 Å². The van der Waals surface area contributed by atoms with Crippen LogP contribution in [-0.2, 0) is 26.9 Å². The third kappa shape index (κ3) is 6.25. The smallest absolute Gasteiger partial charge is 0.332 e. The van der Waals surface area contributed by atoms with Gasteiger partial charge < -0.3 is 16.2 Å². The number of nitrogen functional groups attached to an aromatic ring is 2. The number of nitrogens with zero attached hydrogens (tertiary/aromatic N) is 2. The Balaban J connectivity index is 1.52. The molecule has 0 aliphatic heterocycles. The summed E-state index contributed by atoms with van der Waals surface area (Å²) in [5, 5.41) is 0.669. The normalized spacial score (nSPS) is 11.8. The molecule has 1 heterocycles. The molecule has 5 N–H and O–H groups in total. The average molecular weight is 598 g/mol. The van der Waals surface area contributed by atoms with Crippen molar-refractivity contribution in [3.8, 4) is 16.9 Å². The van der Waals surface area contributed by atoms with Crippen LogP contribution in [0.25, 0.3) is 11.1 Å². The van der Waals surface area contributed by atoms with Gasteiger partial charge in [0.1, 0.15) is 18.2 Å². The highest BCUT2D eigenvalue weighted by Crippen LogP contribution is 2.33. The Morgan fingerprint density at radius 1 is 0.868 bits per heavy atom. The van der Waals surface area contributed by atoms with Crippen LogP contribution in [0.4, 0.5) is 21.3 Å². The highest BCUT2D eigenvalue weighted by Gasteiger charge is 2.20. The lowest BCUT2D eigenvalue weighted by Gasteiger charge is -2.14. The molecule has 0 aliphatic rings. The minimum Gasteiger partial charge on any atom is -0.487 e. The van der Waals surface area contributed by atoms with Crippen molar-refractivity contribution in [2.45, 2.75) is 16.4 Å². The van der Waals surface area contributed by atoms with Crippen LogP contribution in [-0.4, -0.2) is 26.8 Å². The molecule has 0 amide bonds. The van der Waals surface area contributed by atoms with E-state index in [0.717, 1.165) is 24.3 Å². The third-order valence-electron chi connectivity index (χ3n) is 5.12. The predicted octanol–water partition coefficient (Wildman–Crippen LogP) is 4.65. The van der Waals surface area contributed by atoms with Gasteiger partial charge in [-0.1, -0.05) is 35.3 Å². The Morgan fingerprint density at radius 2 is 1.55 bits per heavy atom. The van der Waals surface area contributed by atoms with Crippen molar-refractivity contribution in [1.29, 1.82) is 0 Å². The van der Waals surface area contributed by atoms with Crippen molar-refractivity contribution in [3.63, 3.8) is 0 Å². The van der Waals surface area contributed by atoms with Crippen molar-refractivity contribution in [1.82, 2.24) is 9.97 Å². The van der Waals surface area contributed by atoms with Crippen LogP contribution in [0, 0.1) is 0 Å². The first-order chi connectivity index (χ1) is 17.8. The lowest BCUT2D eigenvalue weighted by Crippen LogP contribution is -2.13. The van der Waals surface area contributed by atoms with E-state index in [9.17, 15) is 20.7 Å². The van der Waals surface area contributed by atoms with Gasteiger partial charge in [-0.3, -0.25) is 4.72 Å². The van der Waals surface area contributed by atoms with E-state index in [2.05, 4.69) is 14.7 Å². The summed E-state index contributed by atoms with van der Waals surface area (Å²) in [4.78, 5) is 7.03. The number of rotatable bonds is 8. The molecular weight excluding hydrogens is 580 g/mol. The number of nitrogens with two attached hydrogens (primary N) is 2. The zero-order valence-electron chi connectivity index (χ0n) is 19.1. The van der Waals surface area contributed by atoms with Crippen LogP contribution >= 0.6 is 23.2 Å². The maximum atomic E-state index is 13.3. The number of halogens is 3. The second kappa shape index (κ2) is 10.6. The number of hydrogen-bond acceptors (Lipinski definition) is 9. The molecule has 38 heavy (non-hydrogen) atoms. The molecule has 0 unspecified atom stereocenters. The molecule has 0 fully saturated rings. The first-order valence-electron chi connectivity index (χ1n) is 10.5. The fraction of sp³-hybridized carbons (Fsp3) is 0.0435. The molecule has 0 radical (unpaired) electrons. The molecule has 0 bridgehead atoms. The van der Waals surface area contributed by atoms with Crippen molar-refractivity contribution in [2.24, 2.45) is 0 Å². The third-order valence-corrected chi connectivity index (χ3v) is 8.05. The molecule has 0 atom stereocenters. The SMILES string of the molecule is Nc1nc(N)c(-c2ccc(Cl)c(Cl)c2)c(COc2ccc(NS(=O)(=O)c3cccc(S(=O)(=O)F)c3)cc2)n1. The molecule has 3 aromatic carbocycles. The van der Waals surface area contributed by atoms with Crippen molar-refractivity contribution >= 4 is 60.9 Å². The molecule has 0 aliphatic carbocycles. The Kier molecular flexibility index (Phi) is 7.65. The van der Waals surface area contributed by atoms with Crippen LogP contribution < -0.4 is 20.9 Å². The Bertz CT molecular complexity index is 1740. The molecule has 4 aromatic rings. The maximum Gasteiger partial charge on any atom is 0.332 e. The number of benzene rings is 3. The van der Waals surface area contributed by atoms with Gasteiger partial charge in [0.15, 0.2) is 0 Å². The zero-order valence-corrected chi connectivity index (χ0v) is 22.2. The van der Waals surface area contributed by atoms with Crippen molar-refractivity contribution in [3.05, 3.63) is 82.5 Å². The largest absolute Gasteiger partial charge is 0.487 e. The number of nitrogens with one attached hydrogen (secondary N) is 1. The van der Waals surface area contributed by atoms with E-state index in [4.69, 9.17) is 39.4 Å². The van der Waals surface area contributed by atoms with E-state index in [1.54, 1.807) is 18.2 Å². The number of anilines is 3. The van der Waals surface area contributed by atoms with Crippen LogP contribution in [0.3, 0.4) is 0 Å². The molecule has 10 nitrogen and oxygen atoms in total. The predicted molar refractivity (Wildman–Crippen MR) is 143 cm³/mol. The molecule has 4 rings (SSSR count). The van der Waals surface area contributed by atoms with E-state index in [0.29, 0.717) is 32.6 Å². The van der Waals surface area contributed by atoms with E-state index in [1.807, 2.05) is 0 Å². The maximum absolute atomic E-state index is 13.3. The molecule has 198 valence electrons. The summed E-state index contributed by atoms with van der Waals surface area (Å²) in [5.74, 6) is 0.414. The molecule has 15 heteroatoms. The number of ether oxygens (including phenoxy) is 1. The van der Waals surface area contributed by atoms with Crippen molar-refractivity contribution in [2.75, 3.05) is 16.2 Å². The summed E-state index contributed by atoms with van der Waals surface area (Å²) in [6.07, 6.45) is 0. The summed E-state index contributed by atoms with van der Waals surface area (Å²) in [5.41, 5.74) is 13.4. The van der Waals surface area contributed by atoms with Crippen LogP contribution in [0.2, 0.25) is 10.0 Å². The van der Waals surface area contributed by atoms with Gasteiger partial charge in [0.05, 0.1) is 25.5 Å². The summed E-state index contributed by atoms with van der Waals surface area (Å²) >= 11 is 12.1. The topological polar surface area (TPSA) is 167 Å². The summed E-state index contributed by atoms with van der Waals surface area (Å²) in [7, 11) is -9.27. The molecule has 0 saturated carbocycles. The average Bonchev–Trinajstić information content (AvgIpc) is 2.84. The van der Waals surface area contributed by atoms with Crippen LogP contribution in [0.5, 0.6) is 5.75 Å². The second-order valence-electron chi connectivity index (χ2n) is 7.75. The Hall–Kier alpha value is -3.65. The Morgan fingerprint density at radius 3 is 2.21 bits per heavy atom. The fourth-order valence-corrected chi connectivity index (χ4v) is 5.38. The fourth-order valence-electron chi connectivity index (χ4n) is 3.39. The summed E-state index contributed by atoms with van der Waals surface area (Å²) in [6.45, 7) is -0.0674. The highest BCUT2D eigenvalue weighted by molar-refractivity contribution is 7.92. The van der Waals surface area contributed by atoms with Gasteiger partial charge in [-0.05, 0) is 60.2 Å². The van der Waals surface area contributed by atoms with Crippen LogP contribution in [0.15, 0.2) is 76.5 Å². The van der Waals surface area contributed by atoms with Gasteiger partial charge in [0.25, 0.3) is 10.0 Å². The monoisotopic (exact) mass is 597 g/mol. The number of aromatic nitrogens is 2. The van der Waals surface area contributed by atoms with Gasteiger partial charge in [0.2, 0.25) is 5.95 Å². The Labute approximate surface area is 227 Å². The summed E-state index contributed by atoms with van der Waals surface area (Å²) < 4.78 is 68.9. The standard InChI is InChI=1S/C23H18Cl2FN5O5S2/c24-18-9-4-13(10-19(18)25)21-20(29-23(28)30-22(21)27)12-36-15-7-5-14(6-8-15)31-38(34,35)17-3-1-2-16(11-17)37(26,32)33/h1-11,31H,12H2,(H4,27,28,29,30). The zero-order chi connectivity index (χ0) is 27.7. The van der Waals surface area contributed by atoms with Gasteiger partial charge in [-0.25, -0.2) is 13.4 Å². The van der Waals surface area contributed by atoms with Gasteiger partial charge in [-0.2, -0.15) is 13.4 Å². The van der Waals surface area contributed by atoms with Crippen molar-refractivity contribution < 1.29 is 25.5 Å². The number of sulfonamides is 1. The first kappa shape index (κ1) is 27.4. The minimum absolute atomic E-state index is 0.0562. The molecule has 0 saturated heterocycles. The highest BCUT2D eigenvalue weighted by atomic mass is 35.5. The summed E-state index contributed by atoms with van der Waals surface area (Å²) in [6, 6.07) is 14.7. The quantitative estimate of drug-likeness (QED) is 0.245. The lowest BCUT2D eigenvalue weighted by atomic mass is 10.0. The van der Waals surface area contributed by atoms with E-state index < -0.39 is 30.0 Å². The van der Waals surface area contributed by atoms with Gasteiger partial charge >= 0.3 is 10.2 Å². The van der Waals surface area contributed by atoms with Gasteiger partial charge in [-0.15, -0.1) is 3.89 Å². The van der Waals surface area contributed by atoms with E-state index >= 15 is 0 Å². The van der Waals surface area contributed by atoms with Crippen LogP contribution in [0.1, 0.15) is 5.69 Å². The first-order valence-corrected chi connectivity index (χ1v) is 14.1. The van der Waals surface area contributed by atoms with E-state index in [1.165, 1.54) is 24.3 Å². The molecule has 1 aromatic heterocycles. The lowest BCUT2D eigenvalue weighted by molar-refractivity contribution is 0.302. The number of hydrogen-bond donors (Lipinski definition) is 3. The van der Waals surface area contributed by atoms with Gasteiger partial charge in [0, 0.05) is 11.3 Å². The molecular formula is C23H18Cl2FN5O5S2. The second-order valence-corrected chi connectivity index (χ2v) is 11.6. The molecule has 0 spiro atoms.